The second kappa shape index (κ2) is 8.60. The molecule has 0 saturated carbocycles. The largest absolute Gasteiger partial charge is 0.461 e. The van der Waals surface area contributed by atoms with Crippen molar-refractivity contribution in [3.05, 3.63) is 83.1 Å². The number of carbonyl (C=O) groups excluding carboxylic acids is 1. The first-order chi connectivity index (χ1) is 14.2. The molecule has 0 unspecified atom stereocenters. The van der Waals surface area contributed by atoms with Crippen LogP contribution in [0.3, 0.4) is 0 Å². The van der Waals surface area contributed by atoms with Gasteiger partial charge in [-0.1, -0.05) is 36.4 Å². The summed E-state index contributed by atoms with van der Waals surface area (Å²) < 4.78 is 8.75. The summed E-state index contributed by atoms with van der Waals surface area (Å²) in [6, 6.07) is 19.1. The standard InChI is InChI=1S/C22H22N4O3/c27-21(13-11-18-10-12-19(29-18)17-7-2-1-3-8-17)23-14-6-16-26-22(28)25-15-5-4-9-20(25)24-26/h1-5,7-10,12,15H,6,11,13-14,16H2,(H,23,27). The fourth-order valence-electron chi connectivity index (χ4n) is 3.17. The Hall–Kier alpha value is -3.61. The van der Waals surface area contributed by atoms with Gasteiger partial charge >= 0.3 is 5.69 Å². The molecule has 3 heterocycles. The van der Waals surface area contributed by atoms with Crippen LogP contribution in [0.25, 0.3) is 17.0 Å². The lowest BCUT2D eigenvalue weighted by Gasteiger charge is -2.04. The summed E-state index contributed by atoms with van der Waals surface area (Å²) >= 11 is 0. The number of carbonyl (C=O) groups is 1. The molecule has 7 heteroatoms. The van der Waals surface area contributed by atoms with Crippen LogP contribution < -0.4 is 11.0 Å². The normalized spacial score (nSPS) is 11.0. The molecular weight excluding hydrogens is 368 g/mol. The molecule has 0 spiro atoms. The van der Waals surface area contributed by atoms with Crippen LogP contribution >= 0.6 is 0 Å². The van der Waals surface area contributed by atoms with Crippen LogP contribution in [0.4, 0.5) is 0 Å². The highest BCUT2D eigenvalue weighted by Gasteiger charge is 2.08. The van der Waals surface area contributed by atoms with Crippen LogP contribution in [-0.4, -0.2) is 26.6 Å². The van der Waals surface area contributed by atoms with Crippen molar-refractivity contribution in [3.8, 4) is 11.3 Å². The Morgan fingerprint density at radius 2 is 1.86 bits per heavy atom. The van der Waals surface area contributed by atoms with E-state index >= 15 is 0 Å². The lowest BCUT2D eigenvalue weighted by atomic mass is 10.2. The van der Waals surface area contributed by atoms with E-state index in [4.69, 9.17) is 4.42 Å². The molecule has 148 valence electrons. The number of hydrogen-bond donors (Lipinski definition) is 1. The van der Waals surface area contributed by atoms with Crippen LogP contribution in [0.15, 0.2) is 76.1 Å². The van der Waals surface area contributed by atoms with Gasteiger partial charge in [-0.2, -0.15) is 0 Å². The molecule has 0 aliphatic rings. The summed E-state index contributed by atoms with van der Waals surface area (Å²) in [5.41, 5.74) is 1.47. The Balaban J connectivity index is 1.21. The van der Waals surface area contributed by atoms with Crippen molar-refractivity contribution in [1.29, 1.82) is 0 Å². The van der Waals surface area contributed by atoms with Crippen molar-refractivity contribution in [3.63, 3.8) is 0 Å². The van der Waals surface area contributed by atoms with Crippen molar-refractivity contribution in [2.45, 2.75) is 25.8 Å². The number of nitrogens with one attached hydrogen (secondary N) is 1. The summed E-state index contributed by atoms with van der Waals surface area (Å²) in [5.74, 6) is 1.55. The lowest BCUT2D eigenvalue weighted by Crippen LogP contribution is -2.27. The second-order valence-electron chi connectivity index (χ2n) is 6.77. The van der Waals surface area contributed by atoms with E-state index in [1.165, 1.54) is 9.08 Å². The summed E-state index contributed by atoms with van der Waals surface area (Å²) in [7, 11) is 0. The van der Waals surface area contributed by atoms with Gasteiger partial charge < -0.3 is 9.73 Å². The Morgan fingerprint density at radius 3 is 2.69 bits per heavy atom. The van der Waals surface area contributed by atoms with Crippen molar-refractivity contribution < 1.29 is 9.21 Å². The van der Waals surface area contributed by atoms with Gasteiger partial charge in [0, 0.05) is 37.7 Å². The van der Waals surface area contributed by atoms with Crippen molar-refractivity contribution in [1.82, 2.24) is 19.5 Å². The first kappa shape index (κ1) is 18.7. The van der Waals surface area contributed by atoms with Crippen LogP contribution in [0.1, 0.15) is 18.6 Å². The quantitative estimate of drug-likeness (QED) is 0.469. The van der Waals surface area contributed by atoms with E-state index in [9.17, 15) is 9.59 Å². The molecule has 0 aliphatic heterocycles. The van der Waals surface area contributed by atoms with Gasteiger partial charge in [-0.25, -0.2) is 9.48 Å². The third-order valence-corrected chi connectivity index (χ3v) is 4.68. The average Bonchev–Trinajstić information content (AvgIpc) is 3.36. The molecule has 0 aliphatic carbocycles. The second-order valence-corrected chi connectivity index (χ2v) is 6.77. The van der Waals surface area contributed by atoms with Crippen LogP contribution in [-0.2, 0) is 17.8 Å². The first-order valence-electron chi connectivity index (χ1n) is 9.66. The van der Waals surface area contributed by atoms with Crippen molar-refractivity contribution in [2.75, 3.05) is 6.54 Å². The smallest absolute Gasteiger partial charge is 0.350 e. The molecular formula is C22H22N4O3. The molecule has 0 atom stereocenters. The molecule has 29 heavy (non-hydrogen) atoms. The highest BCUT2D eigenvalue weighted by atomic mass is 16.3. The van der Waals surface area contributed by atoms with E-state index in [2.05, 4.69) is 10.4 Å². The van der Waals surface area contributed by atoms with E-state index in [1.54, 1.807) is 18.3 Å². The minimum atomic E-state index is -0.168. The van der Waals surface area contributed by atoms with Gasteiger partial charge in [-0.05, 0) is 30.7 Å². The molecule has 0 fully saturated rings. The molecule has 3 aromatic heterocycles. The van der Waals surface area contributed by atoms with Gasteiger partial charge in [-0.15, -0.1) is 5.10 Å². The van der Waals surface area contributed by atoms with Crippen molar-refractivity contribution in [2.24, 2.45) is 0 Å². The Bertz CT molecular complexity index is 1160. The highest BCUT2D eigenvalue weighted by Crippen LogP contribution is 2.22. The molecule has 1 aromatic carbocycles. The highest BCUT2D eigenvalue weighted by molar-refractivity contribution is 5.76. The fourth-order valence-corrected chi connectivity index (χ4v) is 3.17. The molecule has 0 saturated heterocycles. The zero-order valence-electron chi connectivity index (χ0n) is 16.0. The third kappa shape index (κ3) is 4.45. The number of rotatable bonds is 8. The number of aromatic nitrogens is 3. The first-order valence-corrected chi connectivity index (χ1v) is 9.66. The zero-order valence-corrected chi connectivity index (χ0v) is 16.0. The maximum atomic E-state index is 12.2. The van der Waals surface area contributed by atoms with Crippen LogP contribution in [0, 0.1) is 0 Å². The Morgan fingerprint density at radius 1 is 1.03 bits per heavy atom. The van der Waals surface area contributed by atoms with Gasteiger partial charge in [0.05, 0.1) is 0 Å². The van der Waals surface area contributed by atoms with Crippen molar-refractivity contribution >= 4 is 11.6 Å². The SMILES string of the molecule is O=C(CCc1ccc(-c2ccccc2)o1)NCCCn1nc2ccccn2c1=O. The summed E-state index contributed by atoms with van der Waals surface area (Å²) in [6.07, 6.45) is 3.23. The van der Waals surface area contributed by atoms with Crippen LogP contribution in [0.5, 0.6) is 0 Å². The van der Waals surface area contributed by atoms with Gasteiger partial charge in [0.2, 0.25) is 5.91 Å². The number of nitrogens with zero attached hydrogens (tertiary/aromatic N) is 3. The number of hydrogen-bond acceptors (Lipinski definition) is 4. The minimum absolute atomic E-state index is 0.0370. The summed E-state index contributed by atoms with van der Waals surface area (Å²) in [5, 5.41) is 7.16. The lowest BCUT2D eigenvalue weighted by molar-refractivity contribution is -0.121. The molecule has 7 nitrogen and oxygen atoms in total. The average molecular weight is 390 g/mol. The molecule has 1 N–H and O–H groups in total. The molecule has 0 radical (unpaired) electrons. The Labute approximate surface area is 167 Å². The molecule has 1 amide bonds. The number of fused-ring (bicyclic) bond motifs is 1. The van der Waals surface area contributed by atoms with E-state index in [0.717, 1.165) is 17.1 Å². The predicted octanol–water partition coefficient (Wildman–Crippen LogP) is 2.90. The van der Waals surface area contributed by atoms with E-state index in [0.29, 0.717) is 38.0 Å². The number of furan rings is 1. The third-order valence-electron chi connectivity index (χ3n) is 4.68. The van der Waals surface area contributed by atoms with E-state index < -0.39 is 0 Å². The summed E-state index contributed by atoms with van der Waals surface area (Å²) in [6.45, 7) is 0.950. The molecule has 4 rings (SSSR count). The van der Waals surface area contributed by atoms with Crippen LogP contribution in [0.2, 0.25) is 0 Å². The minimum Gasteiger partial charge on any atom is -0.461 e. The predicted molar refractivity (Wildman–Crippen MR) is 110 cm³/mol. The number of benzene rings is 1. The zero-order chi connectivity index (χ0) is 20.1. The van der Waals surface area contributed by atoms with Gasteiger partial charge in [-0.3, -0.25) is 9.20 Å². The topological polar surface area (TPSA) is 81.5 Å². The maximum absolute atomic E-state index is 12.2. The molecule has 4 aromatic rings. The van der Waals surface area contributed by atoms with Gasteiger partial charge in [0.25, 0.3) is 0 Å². The number of amides is 1. The van der Waals surface area contributed by atoms with Gasteiger partial charge in [0.1, 0.15) is 11.5 Å². The number of aryl methyl sites for hydroxylation is 2. The number of pyridine rings is 1. The maximum Gasteiger partial charge on any atom is 0.350 e. The molecule has 0 bridgehead atoms. The van der Waals surface area contributed by atoms with E-state index in [-0.39, 0.29) is 11.6 Å². The van der Waals surface area contributed by atoms with Gasteiger partial charge in [0.15, 0.2) is 5.65 Å². The monoisotopic (exact) mass is 390 g/mol. The van der Waals surface area contributed by atoms with E-state index in [1.807, 2.05) is 48.5 Å². The Kier molecular flexibility index (Phi) is 5.56. The fraction of sp³-hybridized carbons (Fsp3) is 0.227. The summed E-state index contributed by atoms with van der Waals surface area (Å²) in [4.78, 5) is 24.3.